The molecule has 1 atom stereocenters. The van der Waals surface area contributed by atoms with Crippen LogP contribution in [-0.4, -0.2) is 31.8 Å². The summed E-state index contributed by atoms with van der Waals surface area (Å²) >= 11 is 0. The first-order chi connectivity index (χ1) is 9.29. The number of aliphatic carboxylic acids is 1. The van der Waals surface area contributed by atoms with Crippen LogP contribution in [0.3, 0.4) is 0 Å². The Hall–Kier alpha value is -1.89. The van der Waals surface area contributed by atoms with Crippen LogP contribution < -0.4 is 4.31 Å². The highest BCUT2D eigenvalue weighted by atomic mass is 32.2. The van der Waals surface area contributed by atoms with Gasteiger partial charge in [-0.2, -0.15) is 0 Å². The van der Waals surface area contributed by atoms with E-state index in [1.165, 1.54) is 18.2 Å². The number of halogens is 1. The maximum atomic E-state index is 14.0. The number of carboxylic acids is 1. The van der Waals surface area contributed by atoms with Crippen molar-refractivity contribution in [3.05, 3.63) is 35.7 Å². The molecule has 7 heteroatoms. The minimum atomic E-state index is -3.47. The predicted molar refractivity (Wildman–Crippen MR) is 73.4 cm³/mol. The fourth-order valence-corrected chi connectivity index (χ4v) is 4.08. The summed E-state index contributed by atoms with van der Waals surface area (Å²) < 4.78 is 38.9. The van der Waals surface area contributed by atoms with E-state index in [1.54, 1.807) is 6.92 Å². The highest BCUT2D eigenvalue weighted by molar-refractivity contribution is 7.93. The molecule has 0 aromatic heterocycles. The first-order valence-electron chi connectivity index (χ1n) is 6.00. The summed E-state index contributed by atoms with van der Waals surface area (Å²) in [7, 11) is -3.47. The molecule has 1 aromatic rings. The number of sulfonamides is 1. The van der Waals surface area contributed by atoms with Crippen LogP contribution in [0, 0.1) is 11.7 Å². The van der Waals surface area contributed by atoms with Crippen LogP contribution in [0.1, 0.15) is 12.5 Å². The molecule has 1 aromatic carbocycles. The largest absolute Gasteiger partial charge is 0.478 e. The van der Waals surface area contributed by atoms with Crippen LogP contribution >= 0.6 is 0 Å². The predicted octanol–water partition coefficient (Wildman–Crippen LogP) is 1.71. The standard InChI is InChI=1S/C13H14FNO4S/c1-9-7-15(20(18,19)8-9)12-4-2-10(6-11(12)14)3-5-13(16)17/h2-6,9H,7-8H2,1H3,(H,16,17). The maximum Gasteiger partial charge on any atom is 0.328 e. The molecular weight excluding hydrogens is 285 g/mol. The average Bonchev–Trinajstić information content (AvgIpc) is 2.60. The third-order valence-corrected chi connectivity index (χ3v) is 4.97. The summed E-state index contributed by atoms with van der Waals surface area (Å²) in [5.74, 6) is -1.86. The van der Waals surface area contributed by atoms with Crippen LogP contribution in [0.15, 0.2) is 24.3 Å². The molecule has 1 aliphatic rings. The zero-order valence-corrected chi connectivity index (χ0v) is 11.6. The molecule has 0 spiro atoms. The molecule has 0 amide bonds. The van der Waals surface area contributed by atoms with E-state index in [9.17, 15) is 17.6 Å². The monoisotopic (exact) mass is 299 g/mol. The van der Waals surface area contributed by atoms with Gasteiger partial charge < -0.3 is 5.11 Å². The van der Waals surface area contributed by atoms with E-state index in [-0.39, 0.29) is 23.9 Å². The summed E-state index contributed by atoms with van der Waals surface area (Å²) in [6, 6.07) is 3.95. The zero-order valence-electron chi connectivity index (χ0n) is 10.8. The van der Waals surface area contributed by atoms with Crippen molar-refractivity contribution < 1.29 is 22.7 Å². The summed E-state index contributed by atoms with van der Waals surface area (Å²) in [6.45, 7) is 2.04. The Morgan fingerprint density at radius 3 is 2.70 bits per heavy atom. The van der Waals surface area contributed by atoms with E-state index >= 15 is 0 Å². The Balaban J connectivity index is 2.33. The lowest BCUT2D eigenvalue weighted by atomic mass is 10.1. The van der Waals surface area contributed by atoms with Gasteiger partial charge >= 0.3 is 5.97 Å². The van der Waals surface area contributed by atoms with Crippen molar-refractivity contribution in [2.45, 2.75) is 6.92 Å². The summed E-state index contributed by atoms with van der Waals surface area (Å²) in [4.78, 5) is 10.4. The molecule has 5 nitrogen and oxygen atoms in total. The first kappa shape index (κ1) is 14.5. The van der Waals surface area contributed by atoms with Crippen molar-refractivity contribution in [2.24, 2.45) is 5.92 Å². The topological polar surface area (TPSA) is 74.7 Å². The Morgan fingerprint density at radius 1 is 1.50 bits per heavy atom. The molecule has 0 saturated carbocycles. The van der Waals surface area contributed by atoms with E-state index in [1.807, 2.05) is 0 Å². The number of hydrogen-bond acceptors (Lipinski definition) is 3. The van der Waals surface area contributed by atoms with Gasteiger partial charge in [0, 0.05) is 12.6 Å². The van der Waals surface area contributed by atoms with Gasteiger partial charge in [0.15, 0.2) is 0 Å². The van der Waals surface area contributed by atoms with Gasteiger partial charge in [0.25, 0.3) is 0 Å². The number of nitrogens with zero attached hydrogens (tertiary/aromatic N) is 1. The molecule has 0 bridgehead atoms. The zero-order chi connectivity index (χ0) is 14.9. The molecule has 1 heterocycles. The number of anilines is 1. The van der Waals surface area contributed by atoms with Crippen molar-refractivity contribution >= 4 is 27.8 Å². The van der Waals surface area contributed by atoms with Gasteiger partial charge in [-0.05, 0) is 29.7 Å². The third-order valence-electron chi connectivity index (χ3n) is 2.97. The lowest BCUT2D eigenvalue weighted by Gasteiger charge is -2.18. The van der Waals surface area contributed by atoms with Gasteiger partial charge in [0.05, 0.1) is 11.4 Å². The molecular formula is C13H14FNO4S. The lowest BCUT2D eigenvalue weighted by molar-refractivity contribution is -0.131. The molecule has 1 unspecified atom stereocenters. The second kappa shape index (κ2) is 5.24. The van der Waals surface area contributed by atoms with Crippen molar-refractivity contribution in [1.29, 1.82) is 0 Å². The molecule has 20 heavy (non-hydrogen) atoms. The number of rotatable bonds is 3. The highest BCUT2D eigenvalue weighted by Gasteiger charge is 2.34. The molecule has 1 aliphatic heterocycles. The minimum Gasteiger partial charge on any atom is -0.478 e. The molecule has 1 saturated heterocycles. The van der Waals surface area contributed by atoms with E-state index < -0.39 is 21.8 Å². The van der Waals surface area contributed by atoms with Crippen molar-refractivity contribution in [3.63, 3.8) is 0 Å². The average molecular weight is 299 g/mol. The van der Waals surface area contributed by atoms with E-state index in [4.69, 9.17) is 5.11 Å². The fourth-order valence-electron chi connectivity index (χ4n) is 2.14. The van der Waals surface area contributed by atoms with Crippen molar-refractivity contribution in [1.82, 2.24) is 0 Å². The second-order valence-corrected chi connectivity index (χ2v) is 6.74. The molecule has 0 radical (unpaired) electrons. The van der Waals surface area contributed by atoms with Crippen molar-refractivity contribution in [3.8, 4) is 0 Å². The highest BCUT2D eigenvalue weighted by Crippen LogP contribution is 2.29. The lowest BCUT2D eigenvalue weighted by Crippen LogP contribution is -2.26. The van der Waals surface area contributed by atoms with Gasteiger partial charge in [0.2, 0.25) is 10.0 Å². The molecule has 0 aliphatic carbocycles. The van der Waals surface area contributed by atoms with Gasteiger partial charge in [0.1, 0.15) is 5.82 Å². The van der Waals surface area contributed by atoms with Gasteiger partial charge in [-0.15, -0.1) is 0 Å². The quantitative estimate of drug-likeness (QED) is 0.862. The fraction of sp³-hybridized carbons (Fsp3) is 0.308. The molecule has 108 valence electrons. The van der Waals surface area contributed by atoms with Gasteiger partial charge in [-0.3, -0.25) is 4.31 Å². The van der Waals surface area contributed by atoms with E-state index in [0.29, 0.717) is 5.56 Å². The van der Waals surface area contributed by atoms with Crippen molar-refractivity contribution in [2.75, 3.05) is 16.6 Å². The number of hydrogen-bond donors (Lipinski definition) is 1. The molecule has 1 N–H and O–H groups in total. The van der Waals surface area contributed by atoms with Gasteiger partial charge in [-0.25, -0.2) is 17.6 Å². The molecule has 2 rings (SSSR count). The Kier molecular flexibility index (Phi) is 3.80. The van der Waals surface area contributed by atoms with Crippen LogP contribution in [0.5, 0.6) is 0 Å². The molecule has 1 fully saturated rings. The van der Waals surface area contributed by atoms with Crippen LogP contribution in [0.2, 0.25) is 0 Å². The first-order valence-corrected chi connectivity index (χ1v) is 7.61. The SMILES string of the molecule is CC1CN(c2ccc(C=CC(=O)O)cc2F)S(=O)(=O)C1. The van der Waals surface area contributed by atoms with E-state index in [2.05, 4.69) is 0 Å². The minimum absolute atomic E-state index is 0.00169. The Labute approximate surface area is 116 Å². The Morgan fingerprint density at radius 2 is 2.20 bits per heavy atom. The summed E-state index contributed by atoms with van der Waals surface area (Å²) in [5, 5.41) is 8.50. The number of carboxylic acid groups (broad SMARTS) is 1. The van der Waals surface area contributed by atoms with Crippen LogP contribution in [-0.2, 0) is 14.8 Å². The number of benzene rings is 1. The Bertz CT molecular complexity index is 669. The van der Waals surface area contributed by atoms with Crippen LogP contribution in [0.4, 0.5) is 10.1 Å². The van der Waals surface area contributed by atoms with E-state index in [0.717, 1.165) is 16.4 Å². The maximum absolute atomic E-state index is 14.0. The summed E-state index contributed by atoms with van der Waals surface area (Å²) in [5.41, 5.74) is 0.361. The third kappa shape index (κ3) is 2.98. The number of carbonyl (C=O) groups is 1. The van der Waals surface area contributed by atoms with Gasteiger partial charge in [-0.1, -0.05) is 13.0 Å². The smallest absolute Gasteiger partial charge is 0.328 e. The van der Waals surface area contributed by atoms with Crippen LogP contribution in [0.25, 0.3) is 6.08 Å². The summed E-state index contributed by atoms with van der Waals surface area (Å²) in [6.07, 6.45) is 2.14. The second-order valence-electron chi connectivity index (χ2n) is 4.80. The normalized spacial score (nSPS) is 21.5.